The van der Waals surface area contributed by atoms with Crippen LogP contribution in [0.4, 0.5) is 0 Å². The Labute approximate surface area is 78.0 Å². The van der Waals surface area contributed by atoms with Gasteiger partial charge in [-0.2, -0.15) is 0 Å². The Bertz CT molecular complexity index is 202. The predicted molar refractivity (Wildman–Crippen MR) is 48.1 cm³/mol. The lowest BCUT2D eigenvalue weighted by atomic mass is 10.2. The molecule has 1 unspecified atom stereocenters. The quantitative estimate of drug-likeness (QED) is 0.610. The van der Waals surface area contributed by atoms with Crippen molar-refractivity contribution in [3.63, 3.8) is 0 Å². The first-order chi connectivity index (χ1) is 6.27. The van der Waals surface area contributed by atoms with Crippen molar-refractivity contribution in [3.8, 4) is 0 Å². The van der Waals surface area contributed by atoms with Crippen LogP contribution in [0.1, 0.15) is 19.3 Å². The number of hydrogen-bond acceptors (Lipinski definition) is 3. The molecule has 4 heteroatoms. The second-order valence-corrected chi connectivity index (χ2v) is 3.83. The van der Waals surface area contributed by atoms with Crippen LogP contribution in [0.25, 0.3) is 0 Å². The zero-order valence-electron chi connectivity index (χ0n) is 7.74. The molecule has 2 N–H and O–H groups in total. The highest BCUT2D eigenvalue weighted by molar-refractivity contribution is 5.81. The fraction of sp³-hybridized carbons (Fsp3) is 0.889. The van der Waals surface area contributed by atoms with Crippen molar-refractivity contribution in [1.82, 2.24) is 4.90 Å². The number of hydrogen-bond donors (Lipinski definition) is 1. The molecule has 4 nitrogen and oxygen atoms in total. The lowest BCUT2D eigenvalue weighted by Gasteiger charge is -2.19. The molecule has 0 aromatic carbocycles. The Morgan fingerprint density at radius 1 is 1.46 bits per heavy atom. The molecule has 2 rings (SSSR count). The van der Waals surface area contributed by atoms with E-state index in [1.807, 2.05) is 4.90 Å². The van der Waals surface area contributed by atoms with Crippen molar-refractivity contribution in [2.75, 3.05) is 19.7 Å². The van der Waals surface area contributed by atoms with E-state index in [1.54, 1.807) is 0 Å². The van der Waals surface area contributed by atoms with Gasteiger partial charge in [-0.15, -0.1) is 0 Å². The summed E-state index contributed by atoms with van der Waals surface area (Å²) in [5.74, 6) is 0.144. The zero-order chi connectivity index (χ0) is 9.26. The fourth-order valence-electron chi connectivity index (χ4n) is 1.96. The second kappa shape index (κ2) is 3.64. The van der Waals surface area contributed by atoms with Gasteiger partial charge in [0, 0.05) is 25.7 Å². The van der Waals surface area contributed by atoms with E-state index < -0.39 is 0 Å². The van der Waals surface area contributed by atoms with Crippen molar-refractivity contribution in [2.45, 2.75) is 31.4 Å². The van der Waals surface area contributed by atoms with Gasteiger partial charge < -0.3 is 15.4 Å². The van der Waals surface area contributed by atoms with Crippen LogP contribution in [0.3, 0.4) is 0 Å². The first-order valence-corrected chi connectivity index (χ1v) is 4.93. The topological polar surface area (TPSA) is 55.6 Å². The number of likely N-dealkylation sites (tertiary alicyclic amines) is 1. The summed E-state index contributed by atoms with van der Waals surface area (Å²) in [6, 6.07) is 0.172. The molecule has 74 valence electrons. The molecule has 2 saturated heterocycles. The van der Waals surface area contributed by atoms with Crippen molar-refractivity contribution in [1.29, 1.82) is 0 Å². The van der Waals surface area contributed by atoms with Crippen molar-refractivity contribution >= 4 is 5.91 Å². The number of amides is 1. The standard InChI is InChI=1S/C9H16N2O2/c10-7-3-4-11(6-7)9(12)8-2-1-5-13-8/h7-8H,1-6,10H2/t7?,8-/m0/s1. The summed E-state index contributed by atoms with van der Waals surface area (Å²) < 4.78 is 5.33. The van der Waals surface area contributed by atoms with Gasteiger partial charge in [0.05, 0.1) is 0 Å². The van der Waals surface area contributed by atoms with Gasteiger partial charge in [-0.1, -0.05) is 0 Å². The highest BCUT2D eigenvalue weighted by Crippen LogP contribution is 2.17. The Morgan fingerprint density at radius 3 is 2.85 bits per heavy atom. The zero-order valence-corrected chi connectivity index (χ0v) is 7.74. The van der Waals surface area contributed by atoms with E-state index in [-0.39, 0.29) is 18.1 Å². The average Bonchev–Trinajstić information content (AvgIpc) is 2.72. The molecule has 2 aliphatic rings. The lowest BCUT2D eigenvalue weighted by Crippen LogP contribution is -2.38. The van der Waals surface area contributed by atoms with Crippen LogP contribution in [0, 0.1) is 0 Å². The minimum Gasteiger partial charge on any atom is -0.368 e. The van der Waals surface area contributed by atoms with Crippen LogP contribution >= 0.6 is 0 Å². The van der Waals surface area contributed by atoms with Crippen LogP contribution in [0.15, 0.2) is 0 Å². The first-order valence-electron chi connectivity index (χ1n) is 4.93. The summed E-state index contributed by atoms with van der Waals surface area (Å²) in [5.41, 5.74) is 5.73. The molecular formula is C9H16N2O2. The summed E-state index contributed by atoms with van der Waals surface area (Å²) in [5, 5.41) is 0. The molecule has 0 spiro atoms. The molecule has 13 heavy (non-hydrogen) atoms. The van der Waals surface area contributed by atoms with Gasteiger partial charge in [0.1, 0.15) is 6.10 Å². The Morgan fingerprint density at radius 2 is 2.31 bits per heavy atom. The molecule has 2 fully saturated rings. The van der Waals surface area contributed by atoms with Crippen LogP contribution in [-0.4, -0.2) is 42.6 Å². The van der Waals surface area contributed by atoms with E-state index in [1.165, 1.54) is 0 Å². The molecule has 1 amide bonds. The van der Waals surface area contributed by atoms with Crippen LogP contribution in [0.5, 0.6) is 0 Å². The maximum absolute atomic E-state index is 11.7. The van der Waals surface area contributed by atoms with Crippen molar-refractivity contribution in [2.24, 2.45) is 5.73 Å². The van der Waals surface area contributed by atoms with Gasteiger partial charge in [0.15, 0.2) is 0 Å². The fourth-order valence-corrected chi connectivity index (χ4v) is 1.96. The first kappa shape index (κ1) is 8.97. The van der Waals surface area contributed by atoms with Gasteiger partial charge in [-0.25, -0.2) is 0 Å². The monoisotopic (exact) mass is 184 g/mol. The molecule has 2 aliphatic heterocycles. The minimum absolute atomic E-state index is 0.144. The highest BCUT2D eigenvalue weighted by Gasteiger charge is 2.31. The SMILES string of the molecule is NC1CCN(C(=O)[C@@H]2CCCO2)C1. The lowest BCUT2D eigenvalue weighted by molar-refractivity contribution is -0.139. The molecule has 0 aliphatic carbocycles. The second-order valence-electron chi connectivity index (χ2n) is 3.83. The largest absolute Gasteiger partial charge is 0.368 e. The summed E-state index contributed by atoms with van der Waals surface area (Å²) >= 11 is 0. The number of rotatable bonds is 1. The van der Waals surface area contributed by atoms with E-state index in [0.29, 0.717) is 6.54 Å². The number of nitrogens with zero attached hydrogens (tertiary/aromatic N) is 1. The molecule has 0 aromatic rings. The Balaban J connectivity index is 1.89. The van der Waals surface area contributed by atoms with Crippen LogP contribution in [0.2, 0.25) is 0 Å². The van der Waals surface area contributed by atoms with Gasteiger partial charge in [-0.05, 0) is 19.3 Å². The predicted octanol–water partition coefficient (Wildman–Crippen LogP) is -0.275. The number of carbonyl (C=O) groups is 1. The number of carbonyl (C=O) groups excluding carboxylic acids is 1. The third-order valence-electron chi connectivity index (χ3n) is 2.74. The Hall–Kier alpha value is -0.610. The summed E-state index contributed by atoms with van der Waals surface area (Å²) in [4.78, 5) is 13.6. The normalized spacial score (nSPS) is 34.1. The van der Waals surface area contributed by atoms with Gasteiger partial charge >= 0.3 is 0 Å². The molecule has 0 bridgehead atoms. The minimum atomic E-state index is -0.176. The van der Waals surface area contributed by atoms with Gasteiger partial charge in [-0.3, -0.25) is 4.79 Å². The van der Waals surface area contributed by atoms with Crippen molar-refractivity contribution < 1.29 is 9.53 Å². The van der Waals surface area contributed by atoms with E-state index in [0.717, 1.165) is 32.4 Å². The van der Waals surface area contributed by atoms with Gasteiger partial charge in [0.25, 0.3) is 5.91 Å². The number of ether oxygens (including phenoxy) is 1. The maximum atomic E-state index is 11.7. The van der Waals surface area contributed by atoms with E-state index in [9.17, 15) is 4.79 Å². The summed E-state index contributed by atoms with van der Waals surface area (Å²) in [6.45, 7) is 2.24. The van der Waals surface area contributed by atoms with Crippen molar-refractivity contribution in [3.05, 3.63) is 0 Å². The van der Waals surface area contributed by atoms with Crippen LogP contribution in [-0.2, 0) is 9.53 Å². The molecule has 0 saturated carbocycles. The number of nitrogens with two attached hydrogens (primary N) is 1. The summed E-state index contributed by atoms with van der Waals surface area (Å²) in [6.07, 6.45) is 2.64. The molecule has 2 heterocycles. The van der Waals surface area contributed by atoms with Crippen LogP contribution < -0.4 is 5.73 Å². The van der Waals surface area contributed by atoms with E-state index in [4.69, 9.17) is 10.5 Å². The third-order valence-corrected chi connectivity index (χ3v) is 2.74. The maximum Gasteiger partial charge on any atom is 0.251 e. The molecule has 2 atom stereocenters. The summed E-state index contributed by atoms with van der Waals surface area (Å²) in [7, 11) is 0. The third kappa shape index (κ3) is 1.84. The Kier molecular flexibility index (Phi) is 2.51. The molecule has 0 aromatic heterocycles. The highest BCUT2D eigenvalue weighted by atomic mass is 16.5. The average molecular weight is 184 g/mol. The smallest absolute Gasteiger partial charge is 0.251 e. The van der Waals surface area contributed by atoms with E-state index in [2.05, 4.69) is 0 Å². The van der Waals surface area contributed by atoms with E-state index >= 15 is 0 Å². The van der Waals surface area contributed by atoms with Gasteiger partial charge in [0.2, 0.25) is 0 Å². The molecule has 0 radical (unpaired) electrons. The molecular weight excluding hydrogens is 168 g/mol.